The van der Waals surface area contributed by atoms with Crippen LogP contribution in [0.5, 0.6) is 0 Å². The van der Waals surface area contributed by atoms with Crippen molar-refractivity contribution in [2.24, 2.45) is 11.8 Å². The molecule has 132 valence electrons. The molecule has 2 aromatic rings. The molecular formula is C17H20N3O4S+. The van der Waals surface area contributed by atoms with E-state index in [0.717, 1.165) is 16.1 Å². The Morgan fingerprint density at radius 1 is 1.48 bits per heavy atom. The molecule has 0 saturated carbocycles. The Kier molecular flexibility index (Phi) is 3.52. The molecule has 2 aliphatic rings. The number of aliphatic hydroxyl groups is 1. The van der Waals surface area contributed by atoms with E-state index >= 15 is 0 Å². The van der Waals surface area contributed by atoms with Crippen molar-refractivity contribution in [3.8, 4) is 0 Å². The van der Waals surface area contributed by atoms with Crippen molar-refractivity contribution in [2.45, 2.75) is 39.5 Å². The molecule has 2 aliphatic heterocycles. The highest BCUT2D eigenvalue weighted by Crippen LogP contribution is 2.47. The lowest BCUT2D eigenvalue weighted by Gasteiger charge is -2.46. The zero-order valence-electron chi connectivity index (χ0n) is 14.2. The maximum absolute atomic E-state index is 12.3. The molecule has 1 saturated heterocycles. The van der Waals surface area contributed by atoms with Crippen LogP contribution >= 0.6 is 11.3 Å². The van der Waals surface area contributed by atoms with Gasteiger partial charge in [-0.2, -0.15) is 4.40 Å². The Balaban J connectivity index is 1.72. The number of hydrogen-bond donors (Lipinski definition) is 2. The molecule has 2 aromatic heterocycles. The fourth-order valence-corrected chi connectivity index (χ4v) is 5.04. The molecule has 8 heteroatoms. The fourth-order valence-electron chi connectivity index (χ4n) is 4.13. The number of carboxylic acids is 1. The summed E-state index contributed by atoms with van der Waals surface area (Å²) in [6.07, 6.45) is 3.16. The van der Waals surface area contributed by atoms with Gasteiger partial charge in [0.2, 0.25) is 17.1 Å². The molecule has 0 aliphatic carbocycles. The molecule has 25 heavy (non-hydrogen) atoms. The van der Waals surface area contributed by atoms with Crippen LogP contribution in [0, 0.1) is 18.8 Å². The summed E-state index contributed by atoms with van der Waals surface area (Å²) in [5.41, 5.74) is 1.94. The number of rotatable bonds is 4. The number of aromatic nitrogens is 2. The number of carbonyl (C=O) groups is 2. The van der Waals surface area contributed by atoms with Crippen LogP contribution in [0.4, 0.5) is 0 Å². The van der Waals surface area contributed by atoms with Gasteiger partial charge < -0.3 is 15.1 Å². The lowest BCUT2D eigenvalue weighted by Crippen LogP contribution is -2.63. The molecule has 0 spiro atoms. The van der Waals surface area contributed by atoms with E-state index in [9.17, 15) is 19.8 Å². The Labute approximate surface area is 148 Å². The number of β-lactam (4-membered cyclic amide) rings is 1. The van der Waals surface area contributed by atoms with Gasteiger partial charge in [0.05, 0.1) is 18.1 Å². The van der Waals surface area contributed by atoms with Crippen molar-refractivity contribution >= 4 is 28.0 Å². The summed E-state index contributed by atoms with van der Waals surface area (Å²) in [4.78, 5) is 26.6. The Morgan fingerprint density at radius 2 is 2.20 bits per heavy atom. The summed E-state index contributed by atoms with van der Waals surface area (Å²) in [5, 5.41) is 21.6. The second-order valence-electron chi connectivity index (χ2n) is 6.94. The standard InChI is InChI=1S/C17H19N3O4S/c1-8-6-25-12-5-18(7-19(8)12)4-11-9(2)14-13(10(3)21)16(22)20(14)15(11)17(23)24/h5-7,9-10,13-14,21H,4H2,1-3H3/p+1/t9-,10+,13+,14?/m0/s1. The van der Waals surface area contributed by atoms with Gasteiger partial charge in [-0.1, -0.05) is 18.3 Å². The summed E-state index contributed by atoms with van der Waals surface area (Å²) in [6, 6.07) is -0.264. The first-order valence-corrected chi connectivity index (χ1v) is 9.12. The van der Waals surface area contributed by atoms with Crippen LogP contribution in [0.15, 0.2) is 29.2 Å². The Hall–Kier alpha value is -2.19. The molecule has 7 nitrogen and oxygen atoms in total. The van der Waals surface area contributed by atoms with Crippen LogP contribution in [0.2, 0.25) is 0 Å². The number of fused-ring (bicyclic) bond motifs is 2. The third-order valence-corrected chi connectivity index (χ3v) is 6.38. The first kappa shape index (κ1) is 16.3. The zero-order valence-corrected chi connectivity index (χ0v) is 15.0. The van der Waals surface area contributed by atoms with E-state index in [4.69, 9.17) is 0 Å². The van der Waals surface area contributed by atoms with Gasteiger partial charge in [0.15, 0.2) is 0 Å². The second-order valence-corrected chi connectivity index (χ2v) is 7.82. The topological polar surface area (TPSA) is 86.1 Å². The maximum Gasteiger partial charge on any atom is 0.352 e. The number of hydrogen-bond acceptors (Lipinski definition) is 4. The van der Waals surface area contributed by atoms with E-state index in [2.05, 4.69) is 9.78 Å². The average molecular weight is 362 g/mol. The second kappa shape index (κ2) is 5.40. The summed E-state index contributed by atoms with van der Waals surface area (Å²) in [6.45, 7) is 5.97. The first-order chi connectivity index (χ1) is 11.8. The molecule has 2 N–H and O–H groups in total. The molecule has 1 fully saturated rings. The van der Waals surface area contributed by atoms with Gasteiger partial charge in [0.1, 0.15) is 24.1 Å². The average Bonchev–Trinajstić information content (AvgIpc) is 3.14. The van der Waals surface area contributed by atoms with Crippen molar-refractivity contribution < 1.29 is 24.4 Å². The van der Waals surface area contributed by atoms with Crippen LogP contribution in [-0.4, -0.2) is 43.5 Å². The van der Waals surface area contributed by atoms with E-state index in [-0.39, 0.29) is 23.6 Å². The highest BCUT2D eigenvalue weighted by atomic mass is 32.1. The monoisotopic (exact) mass is 362 g/mol. The third-order valence-electron chi connectivity index (χ3n) is 5.38. The number of imidazole rings is 1. The van der Waals surface area contributed by atoms with E-state index in [1.54, 1.807) is 18.3 Å². The normalized spacial score (nSPS) is 27.0. The molecule has 4 rings (SSSR count). The van der Waals surface area contributed by atoms with Gasteiger partial charge in [-0.15, -0.1) is 0 Å². The minimum Gasteiger partial charge on any atom is -0.477 e. The number of aliphatic carboxylic acids is 1. The number of carboxylic acid groups (broad SMARTS) is 1. The van der Waals surface area contributed by atoms with Crippen LogP contribution in [0.3, 0.4) is 0 Å². The zero-order chi connectivity index (χ0) is 18.0. The largest absolute Gasteiger partial charge is 0.477 e. The van der Waals surface area contributed by atoms with Gasteiger partial charge >= 0.3 is 5.97 Å². The van der Waals surface area contributed by atoms with Crippen LogP contribution in [0.1, 0.15) is 19.5 Å². The predicted molar refractivity (Wildman–Crippen MR) is 89.8 cm³/mol. The number of aliphatic hydroxyl groups excluding tert-OH is 1. The minimum atomic E-state index is -1.08. The molecule has 4 heterocycles. The lowest BCUT2D eigenvalue weighted by atomic mass is 9.78. The maximum atomic E-state index is 12.3. The van der Waals surface area contributed by atoms with E-state index in [1.165, 1.54) is 4.90 Å². The van der Waals surface area contributed by atoms with Gasteiger partial charge in [0, 0.05) is 16.9 Å². The van der Waals surface area contributed by atoms with Crippen molar-refractivity contribution in [1.29, 1.82) is 0 Å². The number of carbonyl (C=O) groups excluding carboxylic acids is 1. The Bertz CT molecular complexity index is 926. The lowest BCUT2D eigenvalue weighted by molar-refractivity contribution is -0.688. The fraction of sp³-hybridized carbons (Fsp3) is 0.471. The first-order valence-electron chi connectivity index (χ1n) is 8.24. The molecular weight excluding hydrogens is 342 g/mol. The van der Waals surface area contributed by atoms with Gasteiger partial charge in [-0.3, -0.25) is 4.79 Å². The highest BCUT2D eigenvalue weighted by molar-refractivity contribution is 7.15. The highest BCUT2D eigenvalue weighted by Gasteiger charge is 2.60. The van der Waals surface area contributed by atoms with Crippen molar-refractivity contribution in [3.05, 3.63) is 34.9 Å². The Morgan fingerprint density at radius 3 is 2.80 bits per heavy atom. The van der Waals surface area contributed by atoms with Crippen molar-refractivity contribution in [1.82, 2.24) is 9.30 Å². The molecule has 4 atom stereocenters. The predicted octanol–water partition coefficient (Wildman–Crippen LogP) is 0.793. The molecule has 1 amide bonds. The molecule has 0 radical (unpaired) electrons. The van der Waals surface area contributed by atoms with Crippen LogP contribution in [0.25, 0.3) is 4.83 Å². The number of aryl methyl sites for hydroxylation is 1. The van der Waals surface area contributed by atoms with E-state index in [1.807, 2.05) is 30.9 Å². The molecule has 1 unspecified atom stereocenters. The minimum absolute atomic E-state index is 0.0816. The molecule has 0 bridgehead atoms. The number of nitrogens with zero attached hydrogens (tertiary/aromatic N) is 3. The van der Waals surface area contributed by atoms with Crippen LogP contribution < -0.4 is 4.57 Å². The van der Waals surface area contributed by atoms with Gasteiger partial charge in [0.25, 0.3) is 0 Å². The number of thiazole rings is 1. The summed E-state index contributed by atoms with van der Waals surface area (Å²) < 4.78 is 4.02. The smallest absolute Gasteiger partial charge is 0.352 e. The summed E-state index contributed by atoms with van der Waals surface area (Å²) >= 11 is 1.63. The third kappa shape index (κ3) is 2.17. The van der Waals surface area contributed by atoms with Gasteiger partial charge in [-0.25, -0.2) is 9.36 Å². The van der Waals surface area contributed by atoms with Gasteiger partial charge in [-0.05, 0) is 13.8 Å². The summed E-state index contributed by atoms with van der Waals surface area (Å²) in [7, 11) is 0. The van der Waals surface area contributed by atoms with E-state index < -0.39 is 18.0 Å². The van der Waals surface area contributed by atoms with Crippen molar-refractivity contribution in [3.63, 3.8) is 0 Å². The van der Waals surface area contributed by atoms with E-state index in [0.29, 0.717) is 6.54 Å². The van der Waals surface area contributed by atoms with Crippen molar-refractivity contribution in [2.75, 3.05) is 0 Å². The molecule has 0 aromatic carbocycles. The quantitative estimate of drug-likeness (QED) is 0.622. The number of amides is 1. The van der Waals surface area contributed by atoms with Crippen LogP contribution in [-0.2, 0) is 16.1 Å². The summed E-state index contributed by atoms with van der Waals surface area (Å²) in [5.74, 6) is -2.00. The SMILES string of the molecule is Cc1csc2c[n+](CC3=C(C(=O)O)N4C(=O)[C@H]([C@@H](C)O)C4[C@H]3C)cn12.